The van der Waals surface area contributed by atoms with Crippen LogP contribution in [0.2, 0.25) is 0 Å². The van der Waals surface area contributed by atoms with Gasteiger partial charge in [-0.1, -0.05) is 45.6 Å². The maximum absolute atomic E-state index is 11.7. The molecule has 0 aliphatic carbocycles. The first-order chi connectivity index (χ1) is 10.7. The fourth-order valence-corrected chi connectivity index (χ4v) is 4.95. The van der Waals surface area contributed by atoms with Gasteiger partial charge in [-0.3, -0.25) is 4.79 Å². The van der Waals surface area contributed by atoms with Crippen molar-refractivity contribution in [3.05, 3.63) is 28.2 Å². The van der Waals surface area contributed by atoms with Gasteiger partial charge in [0.05, 0.1) is 10.8 Å². The topological polar surface area (TPSA) is 71.4 Å². The minimum absolute atomic E-state index is 0.184. The second-order valence-corrected chi connectivity index (χ2v) is 8.87. The van der Waals surface area contributed by atoms with Crippen LogP contribution < -0.4 is 0 Å². The van der Waals surface area contributed by atoms with E-state index in [2.05, 4.69) is 29.8 Å². The van der Waals surface area contributed by atoms with Crippen molar-refractivity contribution in [3.63, 3.8) is 0 Å². The summed E-state index contributed by atoms with van der Waals surface area (Å²) < 4.78 is 23.8. The number of benzene rings is 1. The lowest BCUT2D eigenvalue weighted by atomic mass is 9.84. The summed E-state index contributed by atoms with van der Waals surface area (Å²) in [6.45, 7) is 4.21. The fourth-order valence-electron chi connectivity index (χ4n) is 2.94. The number of carboxylic acid groups (broad SMARTS) is 1. The lowest BCUT2D eigenvalue weighted by Crippen LogP contribution is -2.17. The van der Waals surface area contributed by atoms with Crippen molar-refractivity contribution in [2.45, 2.75) is 56.8 Å². The molecule has 0 saturated carbocycles. The maximum Gasteiger partial charge on any atom is 0.310 e. The highest BCUT2D eigenvalue weighted by Gasteiger charge is 2.25. The molecule has 1 atom stereocenters. The molecule has 0 heterocycles. The Bertz CT molecular complexity index is 634. The molecule has 0 spiro atoms. The molecule has 0 aliphatic rings. The van der Waals surface area contributed by atoms with Gasteiger partial charge in [-0.15, -0.1) is 0 Å². The van der Waals surface area contributed by atoms with Gasteiger partial charge in [-0.2, -0.15) is 0 Å². The summed E-state index contributed by atoms with van der Waals surface area (Å²) in [6, 6.07) is 4.73. The van der Waals surface area contributed by atoms with E-state index in [-0.39, 0.29) is 4.90 Å². The van der Waals surface area contributed by atoms with E-state index >= 15 is 0 Å². The average Bonchev–Trinajstić information content (AvgIpc) is 2.43. The Morgan fingerprint density at radius 1 is 1.22 bits per heavy atom. The Balaban J connectivity index is 3.11. The number of aliphatic carboxylic acids is 1. The van der Waals surface area contributed by atoms with Crippen molar-refractivity contribution in [1.82, 2.24) is 0 Å². The molecule has 1 aromatic rings. The molecule has 0 bridgehead atoms. The third-order valence-electron chi connectivity index (χ3n) is 4.02. The average molecular weight is 405 g/mol. The highest BCUT2D eigenvalue weighted by molar-refractivity contribution is 9.10. The van der Waals surface area contributed by atoms with Gasteiger partial charge in [0.2, 0.25) is 0 Å². The third kappa shape index (κ3) is 5.92. The Morgan fingerprint density at radius 2 is 1.78 bits per heavy atom. The summed E-state index contributed by atoms with van der Waals surface area (Å²) >= 11 is 3.26. The number of sulfone groups is 1. The number of carboxylic acids is 1. The first kappa shape index (κ1) is 20.2. The Kier molecular flexibility index (Phi) is 7.74. The van der Waals surface area contributed by atoms with E-state index in [1.165, 1.54) is 6.07 Å². The first-order valence-corrected chi connectivity index (χ1v) is 10.6. The summed E-state index contributed by atoms with van der Waals surface area (Å²) in [4.78, 5) is 11.9. The van der Waals surface area contributed by atoms with Crippen molar-refractivity contribution in [1.29, 1.82) is 0 Å². The Labute approximate surface area is 147 Å². The second kappa shape index (κ2) is 8.83. The van der Waals surface area contributed by atoms with E-state index < -0.39 is 21.7 Å². The molecule has 1 N–H and O–H groups in total. The summed E-state index contributed by atoms with van der Waals surface area (Å²) in [5.41, 5.74) is 0.647. The molecule has 4 nitrogen and oxygen atoms in total. The van der Waals surface area contributed by atoms with Crippen molar-refractivity contribution in [3.8, 4) is 0 Å². The number of hydrogen-bond acceptors (Lipinski definition) is 3. The number of hydrogen-bond donors (Lipinski definition) is 1. The smallest absolute Gasteiger partial charge is 0.310 e. The van der Waals surface area contributed by atoms with E-state index in [0.717, 1.165) is 31.9 Å². The van der Waals surface area contributed by atoms with E-state index in [9.17, 15) is 18.3 Å². The quantitative estimate of drug-likeness (QED) is 0.650. The van der Waals surface area contributed by atoms with Gasteiger partial charge in [-0.05, 0) is 46.0 Å². The molecule has 1 rings (SSSR count). The molecular formula is C17H25BrO4S. The van der Waals surface area contributed by atoms with Gasteiger partial charge in [0.25, 0.3) is 0 Å². The first-order valence-electron chi connectivity index (χ1n) is 7.93. The van der Waals surface area contributed by atoms with Crippen molar-refractivity contribution in [2.24, 2.45) is 5.92 Å². The molecule has 0 saturated heterocycles. The Morgan fingerprint density at radius 3 is 2.17 bits per heavy atom. The van der Waals surface area contributed by atoms with Gasteiger partial charge in [-0.25, -0.2) is 8.42 Å². The molecule has 0 aliphatic heterocycles. The standard InChI is InChI=1S/C17H25BrO4S/c1-4-6-12(7-5-2)10-14(17(19)20)13-8-9-16(15(18)11-13)23(3,21)22/h8-9,11-12,14H,4-7,10H2,1-3H3,(H,19,20). The molecule has 1 unspecified atom stereocenters. The third-order valence-corrected chi connectivity index (χ3v) is 6.09. The van der Waals surface area contributed by atoms with E-state index in [1.54, 1.807) is 12.1 Å². The Hall–Kier alpha value is -0.880. The predicted molar refractivity (Wildman–Crippen MR) is 95.6 cm³/mol. The zero-order valence-electron chi connectivity index (χ0n) is 13.9. The molecule has 0 amide bonds. The fraction of sp³-hybridized carbons (Fsp3) is 0.588. The van der Waals surface area contributed by atoms with Crippen molar-refractivity contribution >= 4 is 31.7 Å². The monoisotopic (exact) mass is 404 g/mol. The van der Waals surface area contributed by atoms with Crippen LogP contribution >= 0.6 is 15.9 Å². The van der Waals surface area contributed by atoms with Crippen LogP contribution in [0.25, 0.3) is 0 Å². The van der Waals surface area contributed by atoms with Crippen LogP contribution in [0.1, 0.15) is 57.4 Å². The zero-order chi connectivity index (χ0) is 17.6. The summed E-state index contributed by atoms with van der Waals surface area (Å²) in [6.07, 6.45) is 5.82. The highest BCUT2D eigenvalue weighted by atomic mass is 79.9. The molecule has 23 heavy (non-hydrogen) atoms. The molecule has 0 fully saturated rings. The van der Waals surface area contributed by atoms with Crippen LogP contribution in [0.5, 0.6) is 0 Å². The number of carbonyl (C=O) groups is 1. The number of halogens is 1. The van der Waals surface area contributed by atoms with Gasteiger partial charge >= 0.3 is 5.97 Å². The van der Waals surface area contributed by atoms with Crippen LogP contribution in [-0.2, 0) is 14.6 Å². The van der Waals surface area contributed by atoms with Crippen LogP contribution in [0.4, 0.5) is 0 Å². The van der Waals surface area contributed by atoms with Gasteiger partial charge in [0.15, 0.2) is 9.84 Å². The van der Waals surface area contributed by atoms with Crippen molar-refractivity contribution in [2.75, 3.05) is 6.26 Å². The summed E-state index contributed by atoms with van der Waals surface area (Å²) in [5.74, 6) is -1.09. The lowest BCUT2D eigenvalue weighted by Gasteiger charge is -2.21. The predicted octanol–water partition coefficient (Wildman–Crippen LogP) is 4.63. The van der Waals surface area contributed by atoms with Crippen LogP contribution in [0.15, 0.2) is 27.6 Å². The van der Waals surface area contributed by atoms with Crippen molar-refractivity contribution < 1.29 is 18.3 Å². The number of rotatable bonds is 9. The minimum Gasteiger partial charge on any atom is -0.481 e. The summed E-state index contributed by atoms with van der Waals surface area (Å²) in [5, 5.41) is 9.60. The van der Waals surface area contributed by atoms with Crippen LogP contribution in [0, 0.1) is 5.92 Å². The van der Waals surface area contributed by atoms with E-state index in [0.29, 0.717) is 22.4 Å². The zero-order valence-corrected chi connectivity index (χ0v) is 16.3. The van der Waals surface area contributed by atoms with Crippen LogP contribution in [0.3, 0.4) is 0 Å². The van der Waals surface area contributed by atoms with E-state index in [4.69, 9.17) is 0 Å². The molecule has 130 valence electrons. The highest BCUT2D eigenvalue weighted by Crippen LogP contribution is 2.32. The molecule has 0 aromatic heterocycles. The SMILES string of the molecule is CCCC(CCC)CC(C(=O)O)c1ccc(S(C)(=O)=O)c(Br)c1. The molecular weight excluding hydrogens is 380 g/mol. The second-order valence-electron chi connectivity index (χ2n) is 6.03. The minimum atomic E-state index is -3.33. The lowest BCUT2D eigenvalue weighted by molar-refractivity contribution is -0.139. The molecule has 0 radical (unpaired) electrons. The summed E-state index contributed by atoms with van der Waals surface area (Å²) in [7, 11) is -3.33. The van der Waals surface area contributed by atoms with Gasteiger partial charge < -0.3 is 5.11 Å². The largest absolute Gasteiger partial charge is 0.481 e. The van der Waals surface area contributed by atoms with Gasteiger partial charge in [0, 0.05) is 10.7 Å². The van der Waals surface area contributed by atoms with E-state index in [1.807, 2.05) is 0 Å². The molecule has 1 aromatic carbocycles. The van der Waals surface area contributed by atoms with Crippen LogP contribution in [-0.4, -0.2) is 25.7 Å². The van der Waals surface area contributed by atoms with Gasteiger partial charge in [0.1, 0.15) is 0 Å². The molecule has 6 heteroatoms. The normalized spacial score (nSPS) is 13.3. The maximum atomic E-state index is 11.7.